The average molecular weight is 341 g/mol. The van der Waals surface area contributed by atoms with Crippen molar-refractivity contribution in [2.24, 2.45) is 0 Å². The van der Waals surface area contributed by atoms with E-state index < -0.39 is 24.1 Å². The number of morpholine rings is 1. The van der Waals surface area contributed by atoms with Gasteiger partial charge < -0.3 is 30.5 Å². The van der Waals surface area contributed by atoms with Crippen LogP contribution >= 0.6 is 0 Å². The molecule has 5 unspecified atom stereocenters. The number of nitrogens with one attached hydrogen (secondary N) is 1. The molecule has 0 radical (unpaired) electrons. The molecule has 8 nitrogen and oxygen atoms in total. The molecule has 0 aromatic heterocycles. The number of carboxylic acid groups (broad SMARTS) is 2. The van der Waals surface area contributed by atoms with E-state index in [9.17, 15) is 9.59 Å². The summed E-state index contributed by atoms with van der Waals surface area (Å²) in [6.45, 7) is 5.23. The van der Waals surface area contributed by atoms with Crippen LogP contribution in [-0.2, 0) is 14.3 Å². The van der Waals surface area contributed by atoms with Gasteiger partial charge in [-0.25, -0.2) is 9.59 Å². The minimum atomic E-state index is -2.27. The Hall–Kier alpha value is -2.00. The van der Waals surface area contributed by atoms with Gasteiger partial charge in [0.2, 0.25) is 0 Å². The Morgan fingerprint density at radius 1 is 1.08 bits per heavy atom. The molecule has 1 aromatic carbocycles. The molecule has 0 spiro atoms. The lowest BCUT2D eigenvalue weighted by atomic mass is 10.0. The van der Waals surface area contributed by atoms with E-state index in [1.54, 1.807) is 0 Å². The summed E-state index contributed by atoms with van der Waals surface area (Å²) in [6.07, 6.45) is -4.04. The molecule has 0 bridgehead atoms. The quantitative estimate of drug-likeness (QED) is 0.516. The second-order valence-electron chi connectivity index (χ2n) is 5.54. The molecule has 1 heterocycles. The van der Waals surface area contributed by atoms with Crippen molar-refractivity contribution < 1.29 is 34.8 Å². The van der Waals surface area contributed by atoms with Crippen LogP contribution in [0, 0.1) is 0 Å². The van der Waals surface area contributed by atoms with Crippen LogP contribution in [0.15, 0.2) is 30.3 Å². The zero-order valence-electron chi connectivity index (χ0n) is 13.5. The van der Waals surface area contributed by atoms with Crippen molar-refractivity contribution in [3.63, 3.8) is 0 Å². The molecule has 5 N–H and O–H groups in total. The Bertz CT molecular complexity index is 518. The molecule has 8 heteroatoms. The molecule has 0 amide bonds. The Kier molecular flexibility index (Phi) is 7.80. The lowest BCUT2D eigenvalue weighted by molar-refractivity contribution is -0.165. The standard InChI is InChI=1S/C12H17NO.C4H6O6/c1-9-8-13-10(2)12(14-9)11-6-4-3-5-7-11;5-1(3(7)8)2(6)4(9)10/h3-7,9-10,12-13H,8H2,1-2H3;1-2,5-6H,(H,7,8)(H,9,10). The number of rotatable bonds is 4. The summed E-state index contributed by atoms with van der Waals surface area (Å²) in [5.74, 6) is -3.54. The van der Waals surface area contributed by atoms with Gasteiger partial charge in [-0.3, -0.25) is 0 Å². The van der Waals surface area contributed by atoms with E-state index in [0.29, 0.717) is 12.1 Å². The number of hydrogen-bond acceptors (Lipinski definition) is 6. The fraction of sp³-hybridized carbons (Fsp3) is 0.500. The van der Waals surface area contributed by atoms with Crippen LogP contribution in [0.4, 0.5) is 0 Å². The van der Waals surface area contributed by atoms with Crippen molar-refractivity contribution in [3.8, 4) is 0 Å². The second kappa shape index (κ2) is 9.33. The number of carboxylic acids is 2. The maximum Gasteiger partial charge on any atom is 0.335 e. The fourth-order valence-electron chi connectivity index (χ4n) is 2.16. The Balaban J connectivity index is 0.000000257. The van der Waals surface area contributed by atoms with Gasteiger partial charge in [-0.2, -0.15) is 0 Å². The van der Waals surface area contributed by atoms with Gasteiger partial charge in [0.1, 0.15) is 0 Å². The molecule has 2 rings (SSSR count). The first-order valence-corrected chi connectivity index (χ1v) is 7.49. The van der Waals surface area contributed by atoms with Crippen molar-refractivity contribution in [2.75, 3.05) is 6.54 Å². The summed E-state index contributed by atoms with van der Waals surface area (Å²) < 4.78 is 5.92. The molecule has 1 aromatic rings. The summed E-state index contributed by atoms with van der Waals surface area (Å²) in [6, 6.07) is 10.8. The van der Waals surface area contributed by atoms with Crippen LogP contribution in [0.2, 0.25) is 0 Å². The van der Waals surface area contributed by atoms with E-state index in [0.717, 1.165) is 6.54 Å². The largest absolute Gasteiger partial charge is 0.479 e. The molecule has 1 aliphatic rings. The molecule has 5 atom stereocenters. The number of aliphatic hydroxyl groups is 2. The Morgan fingerprint density at radius 3 is 2.04 bits per heavy atom. The Morgan fingerprint density at radius 2 is 1.58 bits per heavy atom. The summed E-state index contributed by atoms with van der Waals surface area (Å²) in [5.41, 5.74) is 1.26. The van der Waals surface area contributed by atoms with Gasteiger partial charge in [-0.05, 0) is 19.4 Å². The number of hydrogen-bond donors (Lipinski definition) is 5. The Labute approximate surface area is 139 Å². The molecular formula is C16H23NO7. The topological polar surface area (TPSA) is 136 Å². The first-order chi connectivity index (χ1) is 11.2. The van der Waals surface area contributed by atoms with E-state index in [1.165, 1.54) is 5.56 Å². The zero-order valence-corrected chi connectivity index (χ0v) is 13.5. The minimum absolute atomic E-state index is 0.194. The highest BCUT2D eigenvalue weighted by molar-refractivity contribution is 5.83. The predicted octanol–water partition coefficient (Wildman–Crippen LogP) is 0.00190. The van der Waals surface area contributed by atoms with Crippen LogP contribution in [0.25, 0.3) is 0 Å². The highest BCUT2D eigenvalue weighted by Crippen LogP contribution is 2.25. The van der Waals surface area contributed by atoms with Crippen LogP contribution < -0.4 is 5.32 Å². The molecule has 0 saturated carbocycles. The van der Waals surface area contributed by atoms with E-state index in [2.05, 4.69) is 43.4 Å². The molecule has 0 aliphatic carbocycles. The first kappa shape index (κ1) is 20.0. The van der Waals surface area contributed by atoms with E-state index in [1.807, 2.05) is 6.07 Å². The summed E-state index contributed by atoms with van der Waals surface area (Å²) in [5, 5.41) is 36.0. The number of benzene rings is 1. The summed E-state index contributed by atoms with van der Waals surface area (Å²) in [4.78, 5) is 19.5. The van der Waals surface area contributed by atoms with E-state index >= 15 is 0 Å². The van der Waals surface area contributed by atoms with Gasteiger partial charge in [-0.15, -0.1) is 0 Å². The number of carbonyl (C=O) groups is 2. The maximum absolute atomic E-state index is 9.77. The third-order valence-electron chi connectivity index (χ3n) is 3.49. The summed E-state index contributed by atoms with van der Waals surface area (Å²) >= 11 is 0. The van der Waals surface area contributed by atoms with E-state index in [-0.39, 0.29) is 6.10 Å². The first-order valence-electron chi connectivity index (χ1n) is 7.49. The van der Waals surface area contributed by atoms with Crippen molar-refractivity contribution in [3.05, 3.63) is 35.9 Å². The molecular weight excluding hydrogens is 318 g/mol. The SMILES string of the molecule is CC1CNC(C)C(c2ccccc2)O1.O=C(O)C(O)C(O)C(=O)O. The number of ether oxygens (including phenoxy) is 1. The smallest absolute Gasteiger partial charge is 0.335 e. The maximum atomic E-state index is 9.77. The monoisotopic (exact) mass is 341 g/mol. The molecule has 134 valence electrons. The van der Waals surface area contributed by atoms with Crippen molar-refractivity contribution >= 4 is 11.9 Å². The lowest BCUT2D eigenvalue weighted by Crippen LogP contribution is -2.45. The van der Waals surface area contributed by atoms with Crippen LogP contribution in [0.3, 0.4) is 0 Å². The zero-order chi connectivity index (χ0) is 18.3. The van der Waals surface area contributed by atoms with Gasteiger partial charge in [0.05, 0.1) is 12.2 Å². The van der Waals surface area contributed by atoms with Crippen LogP contribution in [-0.4, -0.2) is 63.3 Å². The van der Waals surface area contributed by atoms with Gasteiger partial charge in [-0.1, -0.05) is 30.3 Å². The normalized spacial score (nSPS) is 25.8. The highest BCUT2D eigenvalue weighted by Gasteiger charge is 2.29. The van der Waals surface area contributed by atoms with Crippen LogP contribution in [0.1, 0.15) is 25.5 Å². The van der Waals surface area contributed by atoms with Crippen molar-refractivity contribution in [1.29, 1.82) is 0 Å². The fourth-order valence-corrected chi connectivity index (χ4v) is 2.16. The van der Waals surface area contributed by atoms with Gasteiger partial charge >= 0.3 is 11.9 Å². The minimum Gasteiger partial charge on any atom is -0.479 e. The van der Waals surface area contributed by atoms with Gasteiger partial charge in [0, 0.05) is 12.6 Å². The average Bonchev–Trinajstić information content (AvgIpc) is 2.56. The van der Waals surface area contributed by atoms with Crippen LogP contribution in [0.5, 0.6) is 0 Å². The van der Waals surface area contributed by atoms with Crippen molar-refractivity contribution in [2.45, 2.75) is 44.3 Å². The molecule has 1 aliphatic heterocycles. The molecule has 1 fully saturated rings. The van der Waals surface area contributed by atoms with Gasteiger partial charge in [0.25, 0.3) is 0 Å². The highest BCUT2D eigenvalue weighted by atomic mass is 16.5. The molecule has 1 saturated heterocycles. The third-order valence-corrected chi connectivity index (χ3v) is 3.49. The van der Waals surface area contributed by atoms with Crippen molar-refractivity contribution in [1.82, 2.24) is 5.32 Å². The summed E-state index contributed by atoms with van der Waals surface area (Å²) in [7, 11) is 0. The second-order valence-corrected chi connectivity index (χ2v) is 5.54. The number of aliphatic hydroxyl groups excluding tert-OH is 2. The van der Waals surface area contributed by atoms with Gasteiger partial charge in [0.15, 0.2) is 12.2 Å². The lowest BCUT2D eigenvalue weighted by Gasteiger charge is -2.34. The third kappa shape index (κ3) is 5.89. The van der Waals surface area contributed by atoms with E-state index in [4.69, 9.17) is 25.2 Å². The number of aliphatic carboxylic acids is 2. The predicted molar refractivity (Wildman–Crippen MR) is 84.5 cm³/mol. The molecule has 24 heavy (non-hydrogen) atoms.